The second-order valence-electron chi connectivity index (χ2n) is 10.6. The normalized spacial score (nSPS) is 11.6. The van der Waals surface area contributed by atoms with Gasteiger partial charge in [-0.05, 0) is 51.4 Å². The molecule has 0 saturated heterocycles. The standard InChI is InChI=1S/C30H64N.H2O/c1-5-9-13-17-20-24-28-31(27-23-16-12-8-4,29-25-21-18-14-10-6-2)30-26-22-19-15-11-7-3;/h5-30H2,1-4H3;1H2/q+1;/p-1. The van der Waals surface area contributed by atoms with Crippen LogP contribution < -0.4 is 0 Å². The van der Waals surface area contributed by atoms with Crippen LogP contribution in [0.25, 0.3) is 0 Å². The van der Waals surface area contributed by atoms with Gasteiger partial charge in [-0.3, -0.25) is 0 Å². The molecule has 0 aromatic rings. The number of nitrogens with zero attached hydrogens (tertiary/aromatic N) is 1. The van der Waals surface area contributed by atoms with E-state index < -0.39 is 0 Å². The molecule has 0 unspecified atom stereocenters. The summed E-state index contributed by atoms with van der Waals surface area (Å²) in [5.74, 6) is 0. The van der Waals surface area contributed by atoms with Crippen molar-refractivity contribution in [2.45, 2.75) is 169 Å². The van der Waals surface area contributed by atoms with Crippen LogP contribution in [0.3, 0.4) is 0 Å². The number of unbranched alkanes of at least 4 members (excludes halogenated alkanes) is 18. The zero-order valence-corrected chi connectivity index (χ0v) is 23.3. The van der Waals surface area contributed by atoms with E-state index in [9.17, 15) is 0 Å². The Kier molecular flexibility index (Phi) is 28.9. The van der Waals surface area contributed by atoms with E-state index in [1.165, 1.54) is 172 Å². The molecule has 0 radical (unpaired) electrons. The van der Waals surface area contributed by atoms with Crippen molar-refractivity contribution in [2.24, 2.45) is 0 Å². The van der Waals surface area contributed by atoms with Crippen LogP contribution in [0.5, 0.6) is 0 Å². The molecule has 1 N–H and O–H groups in total. The van der Waals surface area contributed by atoms with Gasteiger partial charge in [-0.15, -0.1) is 0 Å². The first-order chi connectivity index (χ1) is 15.2. The van der Waals surface area contributed by atoms with Crippen LogP contribution in [0.4, 0.5) is 0 Å². The van der Waals surface area contributed by atoms with Crippen molar-refractivity contribution in [3.8, 4) is 0 Å². The summed E-state index contributed by atoms with van der Waals surface area (Å²) in [5, 5.41) is 0. The molecule has 0 aromatic heterocycles. The van der Waals surface area contributed by atoms with Crippen molar-refractivity contribution >= 4 is 0 Å². The molecular weight excluding hydrogens is 390 g/mol. The Morgan fingerprint density at radius 2 is 0.469 bits per heavy atom. The highest BCUT2D eigenvalue weighted by molar-refractivity contribution is 4.54. The maximum absolute atomic E-state index is 2.35. The molecule has 0 bridgehead atoms. The third-order valence-corrected chi connectivity index (χ3v) is 7.44. The summed E-state index contributed by atoms with van der Waals surface area (Å²) in [6.07, 6.45) is 31.8. The lowest BCUT2D eigenvalue weighted by Crippen LogP contribution is -2.50. The Labute approximate surface area is 205 Å². The first-order valence-corrected chi connectivity index (χ1v) is 15.1. The van der Waals surface area contributed by atoms with Crippen LogP contribution in [0.1, 0.15) is 169 Å². The molecule has 0 aliphatic rings. The molecule has 32 heavy (non-hydrogen) atoms. The van der Waals surface area contributed by atoms with Gasteiger partial charge >= 0.3 is 0 Å². The summed E-state index contributed by atoms with van der Waals surface area (Å²) in [7, 11) is 0. The van der Waals surface area contributed by atoms with Crippen molar-refractivity contribution in [2.75, 3.05) is 26.2 Å². The highest BCUT2D eigenvalue weighted by atomic mass is 16.0. The number of quaternary nitrogens is 1. The van der Waals surface area contributed by atoms with E-state index in [1.54, 1.807) is 0 Å². The average Bonchev–Trinajstić information content (AvgIpc) is 2.78. The summed E-state index contributed by atoms with van der Waals surface area (Å²) in [6.45, 7) is 15.2. The molecule has 0 amide bonds. The summed E-state index contributed by atoms with van der Waals surface area (Å²) in [4.78, 5) is 0. The zero-order chi connectivity index (χ0) is 22.9. The maximum atomic E-state index is 2.35. The topological polar surface area (TPSA) is 30.0 Å². The van der Waals surface area contributed by atoms with Crippen LogP contribution in [0, 0.1) is 0 Å². The molecule has 2 heteroatoms. The van der Waals surface area contributed by atoms with E-state index in [0.717, 1.165) is 0 Å². The van der Waals surface area contributed by atoms with E-state index in [0.29, 0.717) is 0 Å². The van der Waals surface area contributed by atoms with Gasteiger partial charge in [0, 0.05) is 0 Å². The first kappa shape index (κ1) is 34.1. The maximum Gasteiger partial charge on any atom is 0.0786 e. The molecule has 0 aliphatic heterocycles. The molecule has 0 fully saturated rings. The van der Waals surface area contributed by atoms with Crippen LogP contribution in [0.2, 0.25) is 0 Å². The van der Waals surface area contributed by atoms with Crippen LogP contribution >= 0.6 is 0 Å². The molecule has 0 saturated carbocycles. The summed E-state index contributed by atoms with van der Waals surface area (Å²) in [5.41, 5.74) is 0. The van der Waals surface area contributed by atoms with Crippen molar-refractivity contribution < 1.29 is 9.96 Å². The first-order valence-electron chi connectivity index (χ1n) is 15.1. The lowest BCUT2D eigenvalue weighted by atomic mass is 10.0. The minimum Gasteiger partial charge on any atom is -0.870 e. The van der Waals surface area contributed by atoms with Crippen LogP contribution in [-0.2, 0) is 0 Å². The zero-order valence-electron chi connectivity index (χ0n) is 23.3. The third kappa shape index (κ3) is 21.7. The Morgan fingerprint density at radius 3 is 0.719 bits per heavy atom. The second kappa shape index (κ2) is 27.2. The Hall–Kier alpha value is -0.0800. The summed E-state index contributed by atoms with van der Waals surface area (Å²) >= 11 is 0. The van der Waals surface area contributed by atoms with Gasteiger partial charge in [-0.2, -0.15) is 0 Å². The number of hydrogen-bond acceptors (Lipinski definition) is 1. The minimum absolute atomic E-state index is 0. The monoisotopic (exact) mass is 456 g/mol. The minimum atomic E-state index is 0. The Bertz CT molecular complexity index is 290. The molecule has 0 aliphatic carbocycles. The fraction of sp³-hybridized carbons (Fsp3) is 1.00. The predicted octanol–water partition coefficient (Wildman–Crippen LogP) is 10.3. The van der Waals surface area contributed by atoms with Crippen LogP contribution in [0.15, 0.2) is 0 Å². The molecule has 0 atom stereocenters. The SMILES string of the molecule is CCCCCCCC[N+](CCCCCC)(CCCCCCCC)CCCCCCCC.[OH-]. The largest absolute Gasteiger partial charge is 0.870 e. The van der Waals surface area contributed by atoms with Gasteiger partial charge < -0.3 is 9.96 Å². The van der Waals surface area contributed by atoms with Gasteiger partial charge in [0.15, 0.2) is 0 Å². The molecule has 2 nitrogen and oxygen atoms in total. The van der Waals surface area contributed by atoms with Crippen molar-refractivity contribution in [3.05, 3.63) is 0 Å². The fourth-order valence-corrected chi connectivity index (χ4v) is 5.23. The smallest absolute Gasteiger partial charge is 0.0786 e. The van der Waals surface area contributed by atoms with E-state index in [1.807, 2.05) is 0 Å². The fourth-order valence-electron chi connectivity index (χ4n) is 5.23. The molecule has 0 spiro atoms. The quantitative estimate of drug-likeness (QED) is 0.0941. The van der Waals surface area contributed by atoms with E-state index in [4.69, 9.17) is 0 Å². The van der Waals surface area contributed by atoms with Gasteiger partial charge in [-0.25, -0.2) is 0 Å². The van der Waals surface area contributed by atoms with Gasteiger partial charge in [0.1, 0.15) is 0 Å². The summed E-state index contributed by atoms with van der Waals surface area (Å²) in [6, 6.07) is 0. The highest BCUT2D eigenvalue weighted by Gasteiger charge is 2.25. The molecular formula is C30H65NO. The van der Waals surface area contributed by atoms with Gasteiger partial charge in [-0.1, -0.05) is 118 Å². The second-order valence-corrected chi connectivity index (χ2v) is 10.6. The Balaban J connectivity index is 0. The van der Waals surface area contributed by atoms with Crippen molar-refractivity contribution in [1.29, 1.82) is 0 Å². The molecule has 0 aromatic carbocycles. The van der Waals surface area contributed by atoms with Gasteiger partial charge in [0.25, 0.3) is 0 Å². The molecule has 0 heterocycles. The van der Waals surface area contributed by atoms with Crippen molar-refractivity contribution in [1.82, 2.24) is 0 Å². The Morgan fingerprint density at radius 1 is 0.281 bits per heavy atom. The lowest BCUT2D eigenvalue weighted by molar-refractivity contribution is -0.929. The number of hydrogen-bond donors (Lipinski definition) is 0. The molecule has 0 rings (SSSR count). The average molecular weight is 456 g/mol. The highest BCUT2D eigenvalue weighted by Crippen LogP contribution is 2.20. The van der Waals surface area contributed by atoms with E-state index >= 15 is 0 Å². The van der Waals surface area contributed by atoms with Gasteiger partial charge in [0.2, 0.25) is 0 Å². The lowest BCUT2D eigenvalue weighted by Gasteiger charge is -2.39. The van der Waals surface area contributed by atoms with Crippen LogP contribution in [-0.4, -0.2) is 36.1 Å². The van der Waals surface area contributed by atoms with E-state index in [2.05, 4.69) is 27.7 Å². The third-order valence-electron chi connectivity index (χ3n) is 7.44. The summed E-state index contributed by atoms with van der Waals surface area (Å²) < 4.78 is 1.47. The molecule has 196 valence electrons. The number of rotatable bonds is 26. The van der Waals surface area contributed by atoms with E-state index in [-0.39, 0.29) is 5.48 Å². The predicted molar refractivity (Wildman–Crippen MR) is 146 cm³/mol. The van der Waals surface area contributed by atoms with Gasteiger partial charge in [0.05, 0.1) is 26.2 Å². The van der Waals surface area contributed by atoms with Crippen molar-refractivity contribution in [3.63, 3.8) is 0 Å².